The highest BCUT2D eigenvalue weighted by Gasteiger charge is 2.38. The van der Waals surface area contributed by atoms with Gasteiger partial charge >= 0.3 is 0 Å². The van der Waals surface area contributed by atoms with Crippen LogP contribution in [0.3, 0.4) is 0 Å². The molecule has 0 saturated heterocycles. The van der Waals surface area contributed by atoms with Crippen molar-refractivity contribution in [3.05, 3.63) is 243 Å². The van der Waals surface area contributed by atoms with E-state index in [1.54, 1.807) is 0 Å². The molecular formula is C60H40O2P2. The van der Waals surface area contributed by atoms with Gasteiger partial charge < -0.3 is 9.13 Å². The monoisotopic (exact) mass is 854 g/mol. The summed E-state index contributed by atoms with van der Waals surface area (Å²) >= 11 is 0. The average molecular weight is 855 g/mol. The molecule has 0 fully saturated rings. The Morgan fingerprint density at radius 1 is 0.219 bits per heavy atom. The fourth-order valence-electron chi connectivity index (χ4n) is 9.92. The van der Waals surface area contributed by atoms with Gasteiger partial charge in [-0.2, -0.15) is 0 Å². The quantitative estimate of drug-likeness (QED) is 0.150. The molecule has 0 unspecified atom stereocenters. The van der Waals surface area contributed by atoms with E-state index in [9.17, 15) is 0 Å². The summed E-state index contributed by atoms with van der Waals surface area (Å²) in [5.74, 6) is 0. The first-order chi connectivity index (χ1) is 31.5. The van der Waals surface area contributed by atoms with Crippen LogP contribution in [0.15, 0.2) is 243 Å². The smallest absolute Gasteiger partial charge is 0.171 e. The molecule has 0 heterocycles. The minimum atomic E-state index is -3.74. The van der Waals surface area contributed by atoms with E-state index >= 15 is 9.13 Å². The summed E-state index contributed by atoms with van der Waals surface area (Å²) in [6, 6.07) is 83.3. The van der Waals surface area contributed by atoms with E-state index in [-0.39, 0.29) is 0 Å². The molecule has 2 nitrogen and oxygen atoms in total. The normalized spacial score (nSPS) is 12.2. The summed E-state index contributed by atoms with van der Waals surface area (Å²) in [6.45, 7) is 0. The summed E-state index contributed by atoms with van der Waals surface area (Å²) in [7, 11) is -7.48. The van der Waals surface area contributed by atoms with Crippen molar-refractivity contribution in [1.82, 2.24) is 0 Å². The maximum absolute atomic E-state index is 17.4. The Kier molecular flexibility index (Phi) is 9.10. The fourth-order valence-corrected chi connectivity index (χ4v) is 15.7. The van der Waals surface area contributed by atoms with Crippen molar-refractivity contribution in [3.63, 3.8) is 0 Å². The van der Waals surface area contributed by atoms with Gasteiger partial charge in [0.2, 0.25) is 0 Å². The standard InChI is InChI=1S/C60H40O2P2/c61-63(51-31-25-41-13-1-5-19-47(41)37-51,52-32-26-42-14-2-6-20-48(42)38-52)57-35-29-45-17-9-11-23-55(45)59(57)60-56-24-12-10-18-46(56)30-36-58(60)64(62,53-33-27-43-15-3-7-21-49(43)39-53)54-34-28-44-16-4-8-22-50(44)40-54/h1-40H. The van der Waals surface area contributed by atoms with Crippen LogP contribution < -0.4 is 31.8 Å². The zero-order chi connectivity index (χ0) is 42.8. The molecule has 0 spiro atoms. The Morgan fingerprint density at radius 2 is 0.453 bits per heavy atom. The van der Waals surface area contributed by atoms with E-state index in [1.807, 2.05) is 48.5 Å². The van der Waals surface area contributed by atoms with Crippen LogP contribution in [0.5, 0.6) is 0 Å². The summed E-state index contributed by atoms with van der Waals surface area (Å²) < 4.78 is 34.8. The van der Waals surface area contributed by atoms with Gasteiger partial charge in [-0.25, -0.2) is 0 Å². The molecule has 302 valence electrons. The maximum Gasteiger partial charge on any atom is 0.171 e. The van der Waals surface area contributed by atoms with Gasteiger partial charge in [0.1, 0.15) is 0 Å². The minimum Gasteiger partial charge on any atom is -0.309 e. The molecule has 4 heteroatoms. The Hall–Kier alpha value is -7.34. The van der Waals surface area contributed by atoms with Crippen LogP contribution in [0, 0.1) is 0 Å². The lowest BCUT2D eigenvalue weighted by atomic mass is 9.93. The average Bonchev–Trinajstić information content (AvgIpc) is 3.37. The lowest BCUT2D eigenvalue weighted by molar-refractivity contribution is 0.591. The SMILES string of the molecule is O=P(c1ccc2ccccc2c1)(c1ccc2ccccc2c1)c1ccc2ccccc2c1-c1c(P(=O)(c2ccc3ccccc3c2)c2ccc3ccccc3c2)ccc2ccccc12. The molecule has 0 saturated carbocycles. The lowest BCUT2D eigenvalue weighted by Gasteiger charge is -2.29. The molecule has 12 aromatic rings. The molecular weight excluding hydrogens is 815 g/mol. The highest BCUT2D eigenvalue weighted by atomic mass is 31.2. The molecule has 0 amide bonds. The molecule has 12 rings (SSSR count). The second-order valence-electron chi connectivity index (χ2n) is 16.7. The second kappa shape index (κ2) is 15.2. The van der Waals surface area contributed by atoms with Gasteiger partial charge in [-0.15, -0.1) is 0 Å². The predicted octanol–water partition coefficient (Wildman–Crippen LogP) is 13.6. The minimum absolute atomic E-state index is 0.706. The van der Waals surface area contributed by atoms with Gasteiger partial charge in [0, 0.05) is 43.0 Å². The number of hydrogen-bond acceptors (Lipinski definition) is 2. The van der Waals surface area contributed by atoms with E-state index in [0.717, 1.165) is 97.0 Å². The van der Waals surface area contributed by atoms with Gasteiger partial charge in [-0.1, -0.05) is 206 Å². The third kappa shape index (κ3) is 6.10. The van der Waals surface area contributed by atoms with Gasteiger partial charge in [0.05, 0.1) is 0 Å². The van der Waals surface area contributed by atoms with Gasteiger partial charge in [-0.05, 0) is 101 Å². The van der Waals surface area contributed by atoms with Crippen molar-refractivity contribution in [1.29, 1.82) is 0 Å². The van der Waals surface area contributed by atoms with E-state index in [2.05, 4.69) is 194 Å². The number of benzene rings is 12. The zero-order valence-corrected chi connectivity index (χ0v) is 36.6. The van der Waals surface area contributed by atoms with E-state index in [0.29, 0.717) is 10.6 Å². The first kappa shape index (κ1) is 38.3. The highest BCUT2D eigenvalue weighted by molar-refractivity contribution is 7.86. The lowest BCUT2D eigenvalue weighted by Crippen LogP contribution is -2.30. The van der Waals surface area contributed by atoms with Crippen LogP contribution in [-0.2, 0) is 9.13 Å². The molecule has 0 radical (unpaired) electrons. The summed E-state index contributed by atoms with van der Waals surface area (Å²) in [5, 5.41) is 16.7. The van der Waals surface area contributed by atoms with Crippen molar-refractivity contribution < 1.29 is 9.13 Å². The molecule has 0 bridgehead atoms. The molecule has 0 N–H and O–H groups in total. The molecule has 0 aliphatic heterocycles. The van der Waals surface area contributed by atoms with Crippen molar-refractivity contribution in [3.8, 4) is 11.1 Å². The zero-order valence-electron chi connectivity index (χ0n) is 34.8. The Balaban J connectivity index is 1.25. The predicted molar refractivity (Wildman–Crippen MR) is 276 cm³/mol. The number of hydrogen-bond donors (Lipinski definition) is 0. The third-order valence-electron chi connectivity index (χ3n) is 13.1. The number of rotatable bonds is 7. The van der Waals surface area contributed by atoms with Crippen LogP contribution in [0.4, 0.5) is 0 Å². The van der Waals surface area contributed by atoms with Crippen molar-refractivity contribution in [2.75, 3.05) is 0 Å². The molecule has 64 heavy (non-hydrogen) atoms. The van der Waals surface area contributed by atoms with Crippen LogP contribution >= 0.6 is 14.3 Å². The Labute approximate surface area is 371 Å². The van der Waals surface area contributed by atoms with Gasteiger partial charge in [0.25, 0.3) is 0 Å². The largest absolute Gasteiger partial charge is 0.309 e. The van der Waals surface area contributed by atoms with Crippen molar-refractivity contribution >= 4 is 111 Å². The molecule has 0 aromatic heterocycles. The van der Waals surface area contributed by atoms with Crippen molar-refractivity contribution in [2.24, 2.45) is 0 Å². The van der Waals surface area contributed by atoms with Gasteiger partial charge in [-0.3, -0.25) is 0 Å². The van der Waals surface area contributed by atoms with Crippen molar-refractivity contribution in [2.45, 2.75) is 0 Å². The van der Waals surface area contributed by atoms with E-state index < -0.39 is 14.3 Å². The third-order valence-corrected chi connectivity index (χ3v) is 19.3. The highest BCUT2D eigenvalue weighted by Crippen LogP contribution is 2.52. The summed E-state index contributed by atoms with van der Waals surface area (Å²) in [4.78, 5) is 0. The maximum atomic E-state index is 17.4. The Morgan fingerprint density at radius 3 is 0.750 bits per heavy atom. The first-order valence-corrected chi connectivity index (χ1v) is 25.1. The van der Waals surface area contributed by atoms with Gasteiger partial charge in [0.15, 0.2) is 14.3 Å². The van der Waals surface area contributed by atoms with Crippen LogP contribution in [0.2, 0.25) is 0 Å². The summed E-state index contributed by atoms with van der Waals surface area (Å²) in [5.41, 5.74) is 1.66. The molecule has 12 aromatic carbocycles. The van der Waals surface area contributed by atoms with E-state index in [4.69, 9.17) is 0 Å². The molecule has 0 aliphatic rings. The molecule has 0 atom stereocenters. The number of fused-ring (bicyclic) bond motifs is 6. The second-order valence-corrected chi connectivity index (χ2v) is 22.2. The van der Waals surface area contributed by atoms with Crippen LogP contribution in [0.1, 0.15) is 0 Å². The van der Waals surface area contributed by atoms with Crippen LogP contribution in [-0.4, -0.2) is 0 Å². The Bertz CT molecular complexity index is 3520. The first-order valence-electron chi connectivity index (χ1n) is 21.7. The summed E-state index contributed by atoms with van der Waals surface area (Å²) in [6.07, 6.45) is 0. The topological polar surface area (TPSA) is 34.1 Å². The van der Waals surface area contributed by atoms with E-state index in [1.165, 1.54) is 0 Å². The molecule has 0 aliphatic carbocycles. The fraction of sp³-hybridized carbons (Fsp3) is 0. The van der Waals surface area contributed by atoms with Crippen LogP contribution in [0.25, 0.3) is 75.8 Å².